The number of carbonyl (C=O) groups excluding carboxylic acids is 1. The molecule has 21 heavy (non-hydrogen) atoms. The molecule has 2 fully saturated rings. The lowest BCUT2D eigenvalue weighted by molar-refractivity contribution is -0.149. The van der Waals surface area contributed by atoms with Gasteiger partial charge in [0.2, 0.25) is 0 Å². The average molecular weight is 320 g/mol. The maximum atomic E-state index is 12.0. The summed E-state index contributed by atoms with van der Waals surface area (Å²) in [5.74, 6) is -0.878. The van der Waals surface area contributed by atoms with Gasteiger partial charge in [-0.2, -0.15) is 0 Å². The van der Waals surface area contributed by atoms with E-state index in [-0.39, 0.29) is 36.2 Å². The molecule has 0 aromatic rings. The maximum Gasteiger partial charge on any atom is 0.332 e. The minimum absolute atomic E-state index is 0.00205. The lowest BCUT2D eigenvalue weighted by Gasteiger charge is -2.24. The van der Waals surface area contributed by atoms with Gasteiger partial charge in [-0.15, -0.1) is 0 Å². The summed E-state index contributed by atoms with van der Waals surface area (Å²) in [7, 11) is -1.47. The van der Waals surface area contributed by atoms with Crippen molar-refractivity contribution in [3.8, 4) is 0 Å². The number of amides is 2. The van der Waals surface area contributed by atoms with Gasteiger partial charge in [0.1, 0.15) is 0 Å². The molecule has 0 radical (unpaired) electrons. The normalized spacial score (nSPS) is 31.0. The Balaban J connectivity index is 1.76. The van der Waals surface area contributed by atoms with E-state index in [4.69, 9.17) is 9.84 Å². The van der Waals surface area contributed by atoms with Crippen LogP contribution in [0.25, 0.3) is 0 Å². The fourth-order valence-corrected chi connectivity index (χ4v) is 4.38. The van der Waals surface area contributed by atoms with Crippen LogP contribution in [-0.4, -0.2) is 73.8 Å². The number of ether oxygens (including phenoxy) is 1. The van der Waals surface area contributed by atoms with Gasteiger partial charge < -0.3 is 20.1 Å². The van der Waals surface area contributed by atoms with Crippen LogP contribution in [0.2, 0.25) is 0 Å². The van der Waals surface area contributed by atoms with Crippen molar-refractivity contribution in [1.29, 1.82) is 0 Å². The van der Waals surface area contributed by atoms with Gasteiger partial charge in [0.15, 0.2) is 15.9 Å². The van der Waals surface area contributed by atoms with Crippen molar-refractivity contribution in [2.45, 2.75) is 37.5 Å². The summed E-state index contributed by atoms with van der Waals surface area (Å²) in [5, 5.41) is 11.5. The summed E-state index contributed by atoms with van der Waals surface area (Å²) in [4.78, 5) is 24.1. The number of carbonyl (C=O) groups is 2. The Hall–Kier alpha value is -1.35. The topological polar surface area (TPSA) is 113 Å². The van der Waals surface area contributed by atoms with Crippen molar-refractivity contribution < 1.29 is 27.9 Å². The molecule has 2 rings (SSSR count). The monoisotopic (exact) mass is 320 g/mol. The van der Waals surface area contributed by atoms with Gasteiger partial charge in [-0.3, -0.25) is 0 Å². The number of hydrogen-bond donors (Lipinski definition) is 2. The molecule has 2 aliphatic rings. The first-order chi connectivity index (χ1) is 9.78. The van der Waals surface area contributed by atoms with Gasteiger partial charge in [-0.1, -0.05) is 0 Å². The van der Waals surface area contributed by atoms with Crippen LogP contribution in [0.1, 0.15) is 19.3 Å². The number of urea groups is 1. The first kappa shape index (κ1) is 16.0. The van der Waals surface area contributed by atoms with Crippen LogP contribution in [0.15, 0.2) is 0 Å². The zero-order valence-corrected chi connectivity index (χ0v) is 12.6. The van der Waals surface area contributed by atoms with Gasteiger partial charge in [0.25, 0.3) is 0 Å². The van der Waals surface area contributed by atoms with Crippen molar-refractivity contribution in [3.63, 3.8) is 0 Å². The van der Waals surface area contributed by atoms with Crippen molar-refractivity contribution in [3.05, 3.63) is 0 Å². The molecular formula is C12H20N2O6S. The highest BCUT2D eigenvalue weighted by Crippen LogP contribution is 2.20. The second-order valence-electron chi connectivity index (χ2n) is 5.52. The molecule has 0 spiro atoms. The van der Waals surface area contributed by atoms with E-state index in [9.17, 15) is 18.0 Å². The Bertz CT molecular complexity index is 520. The molecule has 2 amide bonds. The third kappa shape index (κ3) is 4.07. The summed E-state index contributed by atoms with van der Waals surface area (Å²) < 4.78 is 28.1. The average Bonchev–Trinajstić information content (AvgIpc) is 3.01. The standard InChI is InChI=1S/C12H20N2O6S/c1-14(8-4-5-21(18,19)7-8)12(17)13-6-9-2-3-10(20-9)11(15)16/h8-10H,2-7H2,1H3,(H,13,17)(H,15,16). The maximum absolute atomic E-state index is 12.0. The molecule has 2 saturated heterocycles. The molecule has 2 N–H and O–H groups in total. The van der Waals surface area contributed by atoms with Crippen LogP contribution < -0.4 is 5.32 Å². The van der Waals surface area contributed by atoms with E-state index in [2.05, 4.69) is 5.32 Å². The van der Waals surface area contributed by atoms with Gasteiger partial charge in [0, 0.05) is 19.6 Å². The number of nitrogens with zero attached hydrogens (tertiary/aromatic N) is 1. The van der Waals surface area contributed by atoms with E-state index in [1.165, 1.54) is 4.90 Å². The number of rotatable bonds is 4. The number of aliphatic carboxylic acids is 1. The summed E-state index contributed by atoms with van der Waals surface area (Å²) >= 11 is 0. The lowest BCUT2D eigenvalue weighted by Crippen LogP contribution is -2.46. The predicted octanol–water partition coefficient (Wildman–Crippen LogP) is -0.553. The molecule has 8 nitrogen and oxygen atoms in total. The lowest BCUT2D eigenvalue weighted by atomic mass is 10.2. The fourth-order valence-electron chi connectivity index (χ4n) is 2.61. The van der Waals surface area contributed by atoms with Crippen LogP contribution in [-0.2, 0) is 19.4 Å². The molecule has 120 valence electrons. The minimum atomic E-state index is -3.03. The molecule has 3 unspecified atom stereocenters. The largest absolute Gasteiger partial charge is 0.479 e. The van der Waals surface area contributed by atoms with Crippen molar-refractivity contribution in [2.24, 2.45) is 0 Å². The molecule has 0 aliphatic carbocycles. The van der Waals surface area contributed by atoms with Gasteiger partial charge in [-0.05, 0) is 19.3 Å². The van der Waals surface area contributed by atoms with E-state index in [1.54, 1.807) is 7.05 Å². The first-order valence-electron chi connectivity index (χ1n) is 6.88. The molecule has 3 atom stereocenters. The zero-order valence-electron chi connectivity index (χ0n) is 11.8. The Morgan fingerprint density at radius 3 is 2.57 bits per heavy atom. The summed E-state index contributed by atoms with van der Waals surface area (Å²) in [6.07, 6.45) is 0.360. The molecule has 2 aliphatic heterocycles. The molecule has 0 aromatic heterocycles. The third-order valence-electron chi connectivity index (χ3n) is 3.94. The summed E-state index contributed by atoms with van der Waals surface area (Å²) in [6, 6.07) is -0.661. The first-order valence-corrected chi connectivity index (χ1v) is 8.70. The quantitative estimate of drug-likeness (QED) is 0.718. The Labute approximate surface area is 123 Å². The fraction of sp³-hybridized carbons (Fsp3) is 0.833. The van der Waals surface area contributed by atoms with Crippen molar-refractivity contribution in [1.82, 2.24) is 10.2 Å². The Morgan fingerprint density at radius 1 is 1.33 bits per heavy atom. The highest BCUT2D eigenvalue weighted by Gasteiger charge is 2.34. The minimum Gasteiger partial charge on any atom is -0.479 e. The SMILES string of the molecule is CN(C(=O)NCC1CCC(C(=O)O)O1)C1CCS(=O)(=O)C1. The van der Waals surface area contributed by atoms with E-state index < -0.39 is 21.9 Å². The van der Waals surface area contributed by atoms with Crippen LogP contribution in [0, 0.1) is 0 Å². The molecular weight excluding hydrogens is 300 g/mol. The predicted molar refractivity (Wildman–Crippen MR) is 73.8 cm³/mol. The molecule has 2 heterocycles. The molecule has 9 heteroatoms. The van der Waals surface area contributed by atoms with Crippen LogP contribution in [0.5, 0.6) is 0 Å². The number of sulfone groups is 1. The van der Waals surface area contributed by atoms with Gasteiger partial charge in [-0.25, -0.2) is 18.0 Å². The highest BCUT2D eigenvalue weighted by molar-refractivity contribution is 7.91. The summed E-state index contributed by atoms with van der Waals surface area (Å²) in [5.41, 5.74) is 0. The number of carboxylic acids is 1. The van der Waals surface area contributed by atoms with Crippen LogP contribution >= 0.6 is 0 Å². The number of hydrogen-bond acceptors (Lipinski definition) is 5. The van der Waals surface area contributed by atoms with Crippen LogP contribution in [0.3, 0.4) is 0 Å². The number of nitrogens with one attached hydrogen (secondary N) is 1. The molecule has 0 bridgehead atoms. The van der Waals surface area contributed by atoms with E-state index >= 15 is 0 Å². The van der Waals surface area contributed by atoms with Gasteiger partial charge in [0.05, 0.1) is 17.6 Å². The highest BCUT2D eigenvalue weighted by atomic mass is 32.2. The number of carboxylic acid groups (broad SMARTS) is 1. The Morgan fingerprint density at radius 2 is 2.05 bits per heavy atom. The van der Waals surface area contributed by atoms with E-state index in [0.717, 1.165) is 0 Å². The van der Waals surface area contributed by atoms with Gasteiger partial charge >= 0.3 is 12.0 Å². The molecule has 0 saturated carbocycles. The summed E-state index contributed by atoms with van der Waals surface area (Å²) in [6.45, 7) is 0.229. The van der Waals surface area contributed by atoms with E-state index in [1.807, 2.05) is 0 Å². The van der Waals surface area contributed by atoms with Crippen molar-refractivity contribution >= 4 is 21.8 Å². The van der Waals surface area contributed by atoms with Crippen LogP contribution in [0.4, 0.5) is 4.79 Å². The Kier molecular flexibility index (Phi) is 4.72. The smallest absolute Gasteiger partial charge is 0.332 e. The van der Waals surface area contributed by atoms with Crippen molar-refractivity contribution in [2.75, 3.05) is 25.1 Å². The third-order valence-corrected chi connectivity index (χ3v) is 5.69. The molecule has 0 aromatic carbocycles. The second-order valence-corrected chi connectivity index (χ2v) is 7.74. The zero-order chi connectivity index (χ0) is 15.6. The second kappa shape index (κ2) is 6.18. The van der Waals surface area contributed by atoms with E-state index in [0.29, 0.717) is 19.3 Å².